The molecule has 0 saturated heterocycles. The quantitative estimate of drug-likeness (QED) is 0.274. The molecule has 0 aliphatic heterocycles. The fourth-order valence-corrected chi connectivity index (χ4v) is 2.53. The summed E-state index contributed by atoms with van der Waals surface area (Å²) in [6.45, 7) is 6.38. The van der Waals surface area contributed by atoms with E-state index in [4.69, 9.17) is 15.0 Å². The summed E-state index contributed by atoms with van der Waals surface area (Å²) in [5.41, 5.74) is 7.75. The molecule has 2 aromatic carbocycles. The summed E-state index contributed by atoms with van der Waals surface area (Å²) in [5.74, 6) is 2.20. The summed E-state index contributed by atoms with van der Waals surface area (Å²) in [7, 11) is 0. The van der Waals surface area contributed by atoms with Gasteiger partial charge in [-0.1, -0.05) is 42.4 Å². The average molecular weight is 507 g/mol. The summed E-state index contributed by atoms with van der Waals surface area (Å²) in [6, 6.07) is 17.3. The molecule has 0 spiro atoms. The number of nitrogens with zero attached hydrogens (tertiary/aromatic N) is 3. The van der Waals surface area contributed by atoms with Gasteiger partial charge in [0.25, 0.3) is 0 Å². The van der Waals surface area contributed by atoms with Crippen LogP contribution in [-0.4, -0.2) is 28.7 Å². The van der Waals surface area contributed by atoms with Crippen LogP contribution in [0.4, 0.5) is 5.69 Å². The van der Waals surface area contributed by atoms with Gasteiger partial charge in [0, 0.05) is 11.3 Å². The van der Waals surface area contributed by atoms with Crippen molar-refractivity contribution in [2.24, 2.45) is 10.7 Å². The lowest BCUT2D eigenvalue weighted by Gasteiger charge is -2.11. The van der Waals surface area contributed by atoms with Gasteiger partial charge in [-0.15, -0.1) is 24.0 Å². The van der Waals surface area contributed by atoms with Gasteiger partial charge in [-0.05, 0) is 38.1 Å². The van der Waals surface area contributed by atoms with Gasteiger partial charge in [-0.2, -0.15) is 4.98 Å². The molecule has 0 aliphatic rings. The summed E-state index contributed by atoms with van der Waals surface area (Å²) >= 11 is 0. The van der Waals surface area contributed by atoms with Gasteiger partial charge in [-0.3, -0.25) is 4.99 Å². The summed E-state index contributed by atoms with van der Waals surface area (Å²) in [6.07, 6.45) is 0.138. The molecule has 3 aromatic rings. The van der Waals surface area contributed by atoms with Gasteiger partial charge < -0.3 is 20.3 Å². The second-order valence-corrected chi connectivity index (χ2v) is 6.77. The molecule has 3 N–H and O–H groups in total. The Balaban J connectivity index is 0.00000300. The van der Waals surface area contributed by atoms with E-state index in [2.05, 4.69) is 20.4 Å². The number of nitrogens with one attached hydrogen (secondary N) is 1. The number of benzene rings is 2. The van der Waals surface area contributed by atoms with Crippen molar-refractivity contribution in [3.8, 4) is 17.1 Å². The lowest BCUT2D eigenvalue weighted by Crippen LogP contribution is -2.23. The smallest absolute Gasteiger partial charge is 0.231 e. The first-order valence-electron chi connectivity index (χ1n) is 9.24. The number of ether oxygens (including phenoxy) is 1. The monoisotopic (exact) mass is 507 g/mol. The normalized spacial score (nSPS) is 12.3. The van der Waals surface area contributed by atoms with Crippen LogP contribution in [0.15, 0.2) is 64.1 Å². The zero-order valence-corrected chi connectivity index (χ0v) is 19.0. The van der Waals surface area contributed by atoms with Crippen molar-refractivity contribution >= 4 is 35.6 Å². The summed E-state index contributed by atoms with van der Waals surface area (Å²) in [4.78, 5) is 8.83. The number of aliphatic imine (C=N–C) groups is 1. The maximum absolute atomic E-state index is 5.99. The van der Waals surface area contributed by atoms with E-state index in [-0.39, 0.29) is 36.0 Å². The molecule has 0 fully saturated rings. The zero-order valence-electron chi connectivity index (χ0n) is 16.7. The minimum atomic E-state index is -0.0490. The van der Waals surface area contributed by atoms with E-state index in [9.17, 15) is 0 Å². The second-order valence-electron chi connectivity index (χ2n) is 6.77. The predicted molar refractivity (Wildman–Crippen MR) is 126 cm³/mol. The SMILES string of the molecule is CC(C)Oc1ccc(NC(N)=NCC(C)c2nc(-c3ccccc3)no2)cc1.I. The van der Waals surface area contributed by atoms with Crippen molar-refractivity contribution in [3.63, 3.8) is 0 Å². The van der Waals surface area contributed by atoms with Crippen LogP contribution < -0.4 is 15.8 Å². The Kier molecular flexibility index (Phi) is 8.44. The molecule has 1 atom stereocenters. The number of halogens is 1. The van der Waals surface area contributed by atoms with Crippen LogP contribution in [0, 0.1) is 0 Å². The molecule has 0 saturated carbocycles. The van der Waals surface area contributed by atoms with Crippen LogP contribution in [0.5, 0.6) is 5.75 Å². The van der Waals surface area contributed by atoms with Crippen LogP contribution in [-0.2, 0) is 0 Å². The van der Waals surface area contributed by atoms with E-state index in [0.29, 0.717) is 24.2 Å². The molecule has 0 bridgehead atoms. The Morgan fingerprint density at radius 1 is 1.10 bits per heavy atom. The third-order valence-electron chi connectivity index (χ3n) is 3.93. The van der Waals surface area contributed by atoms with Crippen molar-refractivity contribution in [2.45, 2.75) is 32.8 Å². The first-order chi connectivity index (χ1) is 13.5. The Labute approximate surface area is 187 Å². The first kappa shape index (κ1) is 22.7. The van der Waals surface area contributed by atoms with Crippen molar-refractivity contribution in [1.82, 2.24) is 10.1 Å². The number of anilines is 1. The standard InChI is InChI=1S/C21H25N5O2.HI/c1-14(2)27-18-11-9-17(10-12-18)24-21(22)23-13-15(3)20-25-19(26-28-20)16-7-5-4-6-8-16;/h4-12,14-15H,13H2,1-3H3,(H3,22,23,24);1H. The summed E-state index contributed by atoms with van der Waals surface area (Å²) in [5, 5.41) is 7.10. The van der Waals surface area contributed by atoms with E-state index in [0.717, 1.165) is 17.0 Å². The van der Waals surface area contributed by atoms with Gasteiger partial charge in [0.1, 0.15) is 5.75 Å². The fourth-order valence-electron chi connectivity index (χ4n) is 2.53. The number of guanidine groups is 1. The Morgan fingerprint density at radius 2 is 1.79 bits per heavy atom. The second kappa shape index (κ2) is 10.8. The minimum absolute atomic E-state index is 0. The van der Waals surface area contributed by atoms with Gasteiger partial charge >= 0.3 is 0 Å². The molecule has 154 valence electrons. The maximum Gasteiger partial charge on any atom is 0.231 e. The van der Waals surface area contributed by atoms with E-state index >= 15 is 0 Å². The molecule has 1 heterocycles. The van der Waals surface area contributed by atoms with Crippen molar-refractivity contribution in [1.29, 1.82) is 0 Å². The van der Waals surface area contributed by atoms with E-state index in [1.807, 2.05) is 75.4 Å². The first-order valence-corrected chi connectivity index (χ1v) is 9.24. The molecule has 7 nitrogen and oxygen atoms in total. The Hall–Kier alpha value is -2.62. The minimum Gasteiger partial charge on any atom is -0.491 e. The topological polar surface area (TPSA) is 98.6 Å². The molecule has 0 amide bonds. The zero-order chi connectivity index (χ0) is 19.9. The Morgan fingerprint density at radius 3 is 2.45 bits per heavy atom. The molecule has 0 aliphatic carbocycles. The maximum atomic E-state index is 5.99. The average Bonchev–Trinajstić information content (AvgIpc) is 3.18. The molecule has 29 heavy (non-hydrogen) atoms. The highest BCUT2D eigenvalue weighted by atomic mass is 127. The highest BCUT2D eigenvalue weighted by Gasteiger charge is 2.15. The highest BCUT2D eigenvalue weighted by molar-refractivity contribution is 14.0. The van der Waals surface area contributed by atoms with Crippen LogP contribution in [0.1, 0.15) is 32.6 Å². The van der Waals surface area contributed by atoms with Gasteiger partial charge in [0.15, 0.2) is 5.96 Å². The molecule has 8 heteroatoms. The van der Waals surface area contributed by atoms with Gasteiger partial charge in [0.05, 0.1) is 18.6 Å². The van der Waals surface area contributed by atoms with Crippen molar-refractivity contribution < 1.29 is 9.26 Å². The molecule has 3 rings (SSSR count). The van der Waals surface area contributed by atoms with E-state index in [1.54, 1.807) is 0 Å². The van der Waals surface area contributed by atoms with Crippen molar-refractivity contribution in [3.05, 3.63) is 60.5 Å². The van der Waals surface area contributed by atoms with Gasteiger partial charge in [0.2, 0.25) is 11.7 Å². The highest BCUT2D eigenvalue weighted by Crippen LogP contribution is 2.20. The molecule has 1 unspecified atom stereocenters. The van der Waals surface area contributed by atoms with E-state index < -0.39 is 0 Å². The third kappa shape index (κ3) is 6.74. The van der Waals surface area contributed by atoms with Crippen LogP contribution in [0.2, 0.25) is 0 Å². The number of hydrogen-bond acceptors (Lipinski definition) is 5. The number of nitrogens with two attached hydrogens (primary N) is 1. The largest absolute Gasteiger partial charge is 0.491 e. The summed E-state index contributed by atoms with van der Waals surface area (Å²) < 4.78 is 11.0. The van der Waals surface area contributed by atoms with Gasteiger partial charge in [-0.25, -0.2) is 0 Å². The molecular weight excluding hydrogens is 481 g/mol. The van der Waals surface area contributed by atoms with E-state index in [1.165, 1.54) is 0 Å². The number of aromatic nitrogens is 2. The molecular formula is C21H26IN5O2. The van der Waals surface area contributed by atoms with Crippen LogP contribution in [0.3, 0.4) is 0 Å². The molecule has 1 aromatic heterocycles. The lowest BCUT2D eigenvalue weighted by atomic mass is 10.2. The van der Waals surface area contributed by atoms with Crippen molar-refractivity contribution in [2.75, 3.05) is 11.9 Å². The third-order valence-corrected chi connectivity index (χ3v) is 3.93. The van der Waals surface area contributed by atoms with Crippen LogP contribution >= 0.6 is 24.0 Å². The fraction of sp³-hybridized carbons (Fsp3) is 0.286. The van der Waals surface area contributed by atoms with Crippen LogP contribution in [0.25, 0.3) is 11.4 Å². The number of hydrogen-bond donors (Lipinski definition) is 2. The predicted octanol–water partition coefficient (Wildman–Crippen LogP) is 4.67. The Bertz CT molecular complexity index is 910. The number of rotatable bonds is 7. The molecule has 0 radical (unpaired) electrons. The lowest BCUT2D eigenvalue weighted by molar-refractivity contribution is 0.242.